The molecule has 10 heteroatoms. The summed E-state index contributed by atoms with van der Waals surface area (Å²) in [6, 6.07) is 4.61. The summed E-state index contributed by atoms with van der Waals surface area (Å²) in [7, 11) is 0. The van der Waals surface area contributed by atoms with E-state index in [2.05, 4.69) is 14.2 Å². The zero-order valence-corrected chi connectivity index (χ0v) is 13.6. The van der Waals surface area contributed by atoms with Crippen LogP contribution in [0.5, 0.6) is 5.75 Å². The number of nitrogens with one attached hydrogen (secondary N) is 1. The standard InChI is InChI=1S/C16H15F2NO7/c1-2-24-13(21)7-8-14(22)25-9-12(20)19-15(23)10-3-5-11(6-4-10)26-16(17)18/h3-8,16H,2,9H2,1H3,(H,19,20,23)/b8-7+. The second-order valence-corrected chi connectivity index (χ2v) is 4.47. The molecule has 140 valence electrons. The number of carbonyl (C=O) groups is 4. The quantitative estimate of drug-likeness (QED) is 0.540. The van der Waals surface area contributed by atoms with Crippen molar-refractivity contribution in [2.45, 2.75) is 13.5 Å². The van der Waals surface area contributed by atoms with Gasteiger partial charge in [-0.05, 0) is 31.2 Å². The first-order chi connectivity index (χ1) is 12.3. The third-order valence-electron chi connectivity index (χ3n) is 2.58. The van der Waals surface area contributed by atoms with Crippen molar-refractivity contribution in [2.24, 2.45) is 0 Å². The van der Waals surface area contributed by atoms with E-state index in [1.807, 2.05) is 5.32 Å². The molecule has 1 N–H and O–H groups in total. The number of imide groups is 1. The number of benzene rings is 1. The largest absolute Gasteiger partial charge is 0.463 e. The van der Waals surface area contributed by atoms with E-state index in [0.717, 1.165) is 24.3 Å². The van der Waals surface area contributed by atoms with Gasteiger partial charge in [0.05, 0.1) is 6.61 Å². The highest BCUT2D eigenvalue weighted by molar-refractivity contribution is 6.05. The molecule has 0 saturated heterocycles. The molecule has 1 aromatic carbocycles. The summed E-state index contributed by atoms with van der Waals surface area (Å²) in [5.74, 6) is -3.61. The zero-order valence-electron chi connectivity index (χ0n) is 13.6. The number of carbonyl (C=O) groups excluding carboxylic acids is 4. The molecule has 0 aliphatic rings. The molecule has 0 aromatic heterocycles. The highest BCUT2D eigenvalue weighted by atomic mass is 19.3. The van der Waals surface area contributed by atoms with Crippen LogP contribution in [0.15, 0.2) is 36.4 Å². The third kappa shape index (κ3) is 7.99. The van der Waals surface area contributed by atoms with Crippen molar-refractivity contribution in [3.05, 3.63) is 42.0 Å². The number of ether oxygens (including phenoxy) is 3. The number of esters is 2. The van der Waals surface area contributed by atoms with Crippen molar-refractivity contribution in [3.8, 4) is 5.75 Å². The van der Waals surface area contributed by atoms with E-state index < -0.39 is 37.0 Å². The molecule has 0 radical (unpaired) electrons. The molecular formula is C16H15F2NO7. The van der Waals surface area contributed by atoms with E-state index in [9.17, 15) is 28.0 Å². The van der Waals surface area contributed by atoms with E-state index in [1.54, 1.807) is 6.92 Å². The molecule has 0 heterocycles. The van der Waals surface area contributed by atoms with Crippen LogP contribution in [0.25, 0.3) is 0 Å². The van der Waals surface area contributed by atoms with Crippen LogP contribution in [-0.2, 0) is 23.9 Å². The Morgan fingerprint density at radius 2 is 1.62 bits per heavy atom. The Labute approximate surface area is 146 Å². The Morgan fingerprint density at radius 1 is 1.04 bits per heavy atom. The average molecular weight is 371 g/mol. The first-order valence-electron chi connectivity index (χ1n) is 7.22. The maximum atomic E-state index is 12.0. The van der Waals surface area contributed by atoms with Crippen LogP contribution in [0.1, 0.15) is 17.3 Å². The molecule has 2 amide bonds. The van der Waals surface area contributed by atoms with Gasteiger partial charge < -0.3 is 14.2 Å². The normalized spacial score (nSPS) is 10.5. The molecule has 0 atom stereocenters. The summed E-state index contributed by atoms with van der Waals surface area (Å²) < 4.78 is 37.2. The lowest BCUT2D eigenvalue weighted by Gasteiger charge is -2.06. The van der Waals surface area contributed by atoms with Crippen molar-refractivity contribution in [2.75, 3.05) is 13.2 Å². The van der Waals surface area contributed by atoms with Crippen LogP contribution in [0.3, 0.4) is 0 Å². The summed E-state index contributed by atoms with van der Waals surface area (Å²) in [4.78, 5) is 45.6. The van der Waals surface area contributed by atoms with Gasteiger partial charge in [0.2, 0.25) is 0 Å². The van der Waals surface area contributed by atoms with E-state index in [-0.39, 0.29) is 17.9 Å². The van der Waals surface area contributed by atoms with Crippen LogP contribution in [0, 0.1) is 0 Å². The van der Waals surface area contributed by atoms with E-state index in [0.29, 0.717) is 0 Å². The summed E-state index contributed by atoms with van der Waals surface area (Å²) in [6.07, 6.45) is 1.60. The molecule has 0 saturated carbocycles. The molecule has 0 aliphatic heterocycles. The Bertz CT molecular complexity index is 686. The van der Waals surface area contributed by atoms with Gasteiger partial charge in [-0.15, -0.1) is 0 Å². The van der Waals surface area contributed by atoms with Gasteiger partial charge in [0, 0.05) is 17.7 Å². The Hall–Kier alpha value is -3.30. The fraction of sp³-hybridized carbons (Fsp3) is 0.250. The molecule has 0 bridgehead atoms. The summed E-state index contributed by atoms with van der Waals surface area (Å²) in [5.41, 5.74) is 0.00787. The Kier molecular flexibility index (Phi) is 8.41. The van der Waals surface area contributed by atoms with Crippen molar-refractivity contribution >= 4 is 23.8 Å². The van der Waals surface area contributed by atoms with Gasteiger partial charge >= 0.3 is 18.6 Å². The number of amides is 2. The second-order valence-electron chi connectivity index (χ2n) is 4.47. The number of halogens is 2. The fourth-order valence-electron chi connectivity index (χ4n) is 1.53. The molecule has 1 aromatic rings. The van der Waals surface area contributed by atoms with Crippen LogP contribution >= 0.6 is 0 Å². The minimum absolute atomic E-state index is 0.00787. The van der Waals surface area contributed by atoms with Crippen LogP contribution in [0.2, 0.25) is 0 Å². The van der Waals surface area contributed by atoms with Crippen LogP contribution < -0.4 is 10.1 Å². The summed E-state index contributed by atoms with van der Waals surface area (Å²) in [6.45, 7) is -2.03. The van der Waals surface area contributed by atoms with Crippen molar-refractivity contribution in [1.82, 2.24) is 5.32 Å². The predicted octanol–water partition coefficient (Wildman–Crippen LogP) is 1.21. The lowest BCUT2D eigenvalue weighted by atomic mass is 10.2. The number of hydrogen-bond donors (Lipinski definition) is 1. The van der Waals surface area contributed by atoms with Gasteiger partial charge in [-0.25, -0.2) is 9.59 Å². The smallest absolute Gasteiger partial charge is 0.387 e. The van der Waals surface area contributed by atoms with Crippen molar-refractivity contribution in [3.63, 3.8) is 0 Å². The van der Waals surface area contributed by atoms with E-state index in [1.165, 1.54) is 12.1 Å². The maximum absolute atomic E-state index is 12.0. The summed E-state index contributed by atoms with van der Waals surface area (Å²) >= 11 is 0. The SMILES string of the molecule is CCOC(=O)/C=C/C(=O)OCC(=O)NC(=O)c1ccc(OC(F)F)cc1. The molecule has 0 aliphatic carbocycles. The lowest BCUT2D eigenvalue weighted by Crippen LogP contribution is -2.34. The predicted molar refractivity (Wildman–Crippen MR) is 82.3 cm³/mol. The average Bonchev–Trinajstić information content (AvgIpc) is 2.58. The van der Waals surface area contributed by atoms with Crippen molar-refractivity contribution < 1.29 is 42.2 Å². The second kappa shape index (κ2) is 10.5. The maximum Gasteiger partial charge on any atom is 0.387 e. The number of rotatable bonds is 8. The number of hydrogen-bond acceptors (Lipinski definition) is 7. The lowest BCUT2D eigenvalue weighted by molar-refractivity contribution is -0.144. The Morgan fingerprint density at radius 3 is 2.15 bits per heavy atom. The molecule has 0 unspecified atom stereocenters. The van der Waals surface area contributed by atoms with Gasteiger partial charge in [0.25, 0.3) is 11.8 Å². The highest BCUT2D eigenvalue weighted by Crippen LogP contribution is 2.14. The van der Waals surface area contributed by atoms with Crippen LogP contribution in [0.4, 0.5) is 8.78 Å². The molecule has 0 spiro atoms. The van der Waals surface area contributed by atoms with E-state index in [4.69, 9.17) is 0 Å². The van der Waals surface area contributed by atoms with E-state index >= 15 is 0 Å². The molecule has 0 fully saturated rings. The van der Waals surface area contributed by atoms with Gasteiger partial charge in [-0.1, -0.05) is 0 Å². The zero-order chi connectivity index (χ0) is 19.5. The third-order valence-corrected chi connectivity index (χ3v) is 2.58. The van der Waals surface area contributed by atoms with Crippen LogP contribution in [-0.4, -0.2) is 43.6 Å². The topological polar surface area (TPSA) is 108 Å². The van der Waals surface area contributed by atoms with Crippen molar-refractivity contribution in [1.29, 1.82) is 0 Å². The number of alkyl halides is 2. The molecular weight excluding hydrogens is 356 g/mol. The van der Waals surface area contributed by atoms with Gasteiger partial charge in [0.1, 0.15) is 5.75 Å². The molecule has 8 nitrogen and oxygen atoms in total. The minimum Gasteiger partial charge on any atom is -0.463 e. The molecule has 26 heavy (non-hydrogen) atoms. The fourth-order valence-corrected chi connectivity index (χ4v) is 1.53. The monoisotopic (exact) mass is 371 g/mol. The first kappa shape index (κ1) is 20.7. The molecule has 1 rings (SSSR count). The summed E-state index contributed by atoms with van der Waals surface area (Å²) in [5, 5.41) is 1.94. The van der Waals surface area contributed by atoms with Gasteiger partial charge in [0.15, 0.2) is 6.61 Å². The highest BCUT2D eigenvalue weighted by Gasteiger charge is 2.13. The van der Waals surface area contributed by atoms with Gasteiger partial charge in [-0.2, -0.15) is 8.78 Å². The first-order valence-corrected chi connectivity index (χ1v) is 7.22. The minimum atomic E-state index is -3.00. The Balaban J connectivity index is 2.43. The van der Waals surface area contributed by atoms with Gasteiger partial charge in [-0.3, -0.25) is 14.9 Å².